The van der Waals surface area contributed by atoms with Crippen LogP contribution in [0, 0.1) is 0 Å². The molecule has 0 saturated carbocycles. The summed E-state index contributed by atoms with van der Waals surface area (Å²) >= 11 is 0. The van der Waals surface area contributed by atoms with Crippen LogP contribution in [0.3, 0.4) is 0 Å². The van der Waals surface area contributed by atoms with E-state index in [0.717, 1.165) is 6.07 Å². The highest BCUT2D eigenvalue weighted by molar-refractivity contribution is 6.25. The second kappa shape index (κ2) is 10.5. The van der Waals surface area contributed by atoms with E-state index < -0.39 is 239 Å². The normalized spacial score (nSPS) is 21.0. The van der Waals surface area contributed by atoms with Crippen molar-refractivity contribution in [2.24, 2.45) is 0 Å². The molecular weight excluding hydrogens is 589 g/mol. The zero-order valence-corrected chi connectivity index (χ0v) is 25.6. The molecule has 0 heterocycles. The Morgan fingerprint density at radius 3 is 1.65 bits per heavy atom. The fraction of sp³-hybridized carbons (Fsp3) is 0.0612. The zero-order valence-electron chi connectivity index (χ0n) is 52.6. The van der Waals surface area contributed by atoms with Gasteiger partial charge in [0.05, 0.1) is 37.0 Å². The Morgan fingerprint density at radius 1 is 0.367 bits per heavy atom. The molecule has 0 fully saturated rings. The molecule has 230 valence electrons. The molecule has 0 bridgehead atoms. The number of hydrogen-bond acceptors (Lipinski definition) is 0. The monoisotopic (exact) mass is 649 g/mol. The Balaban J connectivity index is 1.45. The first-order valence-electron chi connectivity index (χ1n) is 28.6. The number of fused-ring (bicyclic) bond motifs is 8. The van der Waals surface area contributed by atoms with Gasteiger partial charge in [0.25, 0.3) is 0 Å². The van der Waals surface area contributed by atoms with Crippen LogP contribution in [0.25, 0.3) is 87.6 Å². The molecule has 0 aromatic heterocycles. The van der Waals surface area contributed by atoms with Crippen LogP contribution < -0.4 is 0 Å². The molecule has 0 N–H and O–H groups in total. The number of rotatable bonds is 3. The van der Waals surface area contributed by atoms with Crippen LogP contribution in [-0.4, -0.2) is 0 Å². The van der Waals surface area contributed by atoms with E-state index >= 15 is 0 Å². The fourth-order valence-corrected chi connectivity index (χ4v) is 6.70. The van der Waals surface area contributed by atoms with Crippen molar-refractivity contribution in [3.05, 3.63) is 180 Å². The van der Waals surface area contributed by atoms with Crippen LogP contribution in [0.1, 0.15) is 62.0 Å². The topological polar surface area (TPSA) is 0 Å². The van der Waals surface area contributed by atoms with Gasteiger partial charge in [-0.2, -0.15) is 0 Å². The third-order valence-corrected chi connectivity index (χ3v) is 8.95. The first-order valence-corrected chi connectivity index (χ1v) is 15.1. The maximum absolute atomic E-state index is 10.1. The van der Waals surface area contributed by atoms with Crippen molar-refractivity contribution in [1.82, 2.24) is 0 Å². The van der Waals surface area contributed by atoms with Crippen LogP contribution >= 0.6 is 0 Å². The highest BCUT2D eigenvalue weighted by Gasteiger charge is 2.36. The Kier molecular flexibility index (Phi) is 2.61. The van der Waals surface area contributed by atoms with Crippen molar-refractivity contribution in [2.45, 2.75) is 19.3 Å². The minimum atomic E-state index is -1.65. The lowest BCUT2D eigenvalue weighted by molar-refractivity contribution is 0.661. The first kappa shape index (κ1) is 12.2. The zero-order chi connectivity index (χ0) is 56.2. The van der Waals surface area contributed by atoms with E-state index in [1.807, 2.05) is 0 Å². The average molecular weight is 650 g/mol. The van der Waals surface area contributed by atoms with E-state index in [0.29, 0.717) is 0 Å². The van der Waals surface area contributed by atoms with Crippen LogP contribution in [0.15, 0.2) is 169 Å². The number of hydrogen-bond donors (Lipinski definition) is 0. The number of benzene rings is 9. The predicted octanol–water partition coefficient (Wildman–Crippen LogP) is 13.6. The molecule has 49 heavy (non-hydrogen) atoms. The summed E-state index contributed by atoms with van der Waals surface area (Å²) in [6.07, 6.45) is 0. The summed E-state index contributed by atoms with van der Waals surface area (Å²) in [7, 11) is 0. The molecule has 9 aromatic carbocycles. The smallest absolute Gasteiger partial charge is 0.0622 e. The van der Waals surface area contributed by atoms with Crippen molar-refractivity contribution in [3.63, 3.8) is 0 Å². The fourth-order valence-electron chi connectivity index (χ4n) is 6.70. The van der Waals surface area contributed by atoms with E-state index in [1.54, 1.807) is 0 Å². The van der Waals surface area contributed by atoms with Gasteiger partial charge in [-0.1, -0.05) is 171 Å². The van der Waals surface area contributed by atoms with Crippen LogP contribution in [0.2, 0.25) is 0 Å². The largest absolute Gasteiger partial charge is 0.0633 e. The van der Waals surface area contributed by atoms with E-state index in [4.69, 9.17) is 21.9 Å². The molecular formula is C49H34. The van der Waals surface area contributed by atoms with Gasteiger partial charge in [-0.15, -0.1) is 0 Å². The quantitative estimate of drug-likeness (QED) is 0.132. The molecule has 0 nitrogen and oxygen atoms in total. The second-order valence-corrected chi connectivity index (χ2v) is 12.0. The molecule has 0 saturated heterocycles. The lowest BCUT2D eigenvalue weighted by atomic mass is 9.79. The van der Waals surface area contributed by atoms with E-state index in [-0.39, 0.29) is 27.8 Å². The molecule has 9 aromatic rings. The van der Waals surface area contributed by atoms with Gasteiger partial charge in [-0.25, -0.2) is 0 Å². The van der Waals surface area contributed by atoms with Gasteiger partial charge in [-0.3, -0.25) is 0 Å². The van der Waals surface area contributed by atoms with Crippen molar-refractivity contribution < 1.29 is 37.0 Å². The first-order chi connectivity index (χ1) is 35.3. The van der Waals surface area contributed by atoms with Crippen molar-refractivity contribution in [1.29, 1.82) is 0 Å². The van der Waals surface area contributed by atoms with Gasteiger partial charge in [0.15, 0.2) is 0 Å². The van der Waals surface area contributed by atoms with Crippen molar-refractivity contribution >= 4 is 43.1 Å². The standard InChI is InChI=1S/C49H34/c1-49(2)45-29-33(31-13-4-3-5-14-31)24-27-38(45)39-28-25-34(30-46(39)49)47-41-17-8-10-19-43(41)48(44-20-11-9-18-42(44)47)40-22-12-21-36-35-16-7-6-15-32(35)23-26-37(36)40/h3-30H,1-2H3/i3D,4D,5D,6D,7D,8D,9D,10D,11D,12D,13D,14D,15D,16D,17D,18D,19D,20D,21D,22D,23D,25D,26D,27D,28D,29D,30D. The van der Waals surface area contributed by atoms with Gasteiger partial charge in [0.1, 0.15) is 0 Å². The molecule has 10 rings (SSSR count). The molecule has 0 spiro atoms. The van der Waals surface area contributed by atoms with Gasteiger partial charge >= 0.3 is 0 Å². The molecule has 0 unspecified atom stereocenters. The minimum absolute atomic E-state index is 0.0551. The summed E-state index contributed by atoms with van der Waals surface area (Å²) in [5.74, 6) is 0. The Hall–Kier alpha value is -5.98. The van der Waals surface area contributed by atoms with Crippen LogP contribution in [-0.2, 0) is 5.41 Å². The maximum atomic E-state index is 10.1. The third-order valence-electron chi connectivity index (χ3n) is 8.95. The molecule has 0 aliphatic heterocycles. The predicted molar refractivity (Wildman–Crippen MR) is 210 cm³/mol. The molecule has 1 aliphatic rings. The lowest BCUT2D eigenvalue weighted by Crippen LogP contribution is -2.15. The molecule has 0 heteroatoms. The summed E-state index contributed by atoms with van der Waals surface area (Å²) in [4.78, 5) is 0. The minimum Gasteiger partial charge on any atom is -0.0622 e. The van der Waals surface area contributed by atoms with E-state index in [9.17, 15) is 15.1 Å². The summed E-state index contributed by atoms with van der Waals surface area (Å²) in [6.45, 7) is 3.00. The molecule has 0 radical (unpaired) electrons. The highest BCUT2D eigenvalue weighted by Crippen LogP contribution is 2.52. The van der Waals surface area contributed by atoms with E-state index in [1.165, 1.54) is 13.8 Å². The molecule has 0 amide bonds. The molecule has 0 atom stereocenters. The van der Waals surface area contributed by atoms with Gasteiger partial charge < -0.3 is 0 Å². The van der Waals surface area contributed by atoms with Gasteiger partial charge in [0, 0.05) is 5.41 Å². The van der Waals surface area contributed by atoms with Crippen LogP contribution in [0.4, 0.5) is 0 Å². The Labute approximate surface area is 324 Å². The van der Waals surface area contributed by atoms with Gasteiger partial charge in [0.2, 0.25) is 0 Å². The molecule has 1 aliphatic carbocycles. The SMILES string of the molecule is [2H]c1cc(-c2c([2H])c([2H])c([2H])c([2H])c2[2H])c([2H])c2c1-c1c([2H])c([2H])c(-c3c4c([2H])c([2H])c([2H])c([2H])c4c(-c4c([2H])c([2H])c([2H])c5c4c([2H])c([2H])c4c([2H])c([2H])c([2H])c([2H])c45)c4c([2H])c([2H])c([2H])c([2H])c34)c([2H])c1C2(C)C. The van der Waals surface area contributed by atoms with Crippen LogP contribution in [0.5, 0.6) is 0 Å². The van der Waals surface area contributed by atoms with Crippen molar-refractivity contribution in [2.75, 3.05) is 0 Å². The average Bonchev–Trinajstić information content (AvgIpc) is 3.71. The van der Waals surface area contributed by atoms with Crippen molar-refractivity contribution in [3.8, 4) is 44.5 Å². The second-order valence-electron chi connectivity index (χ2n) is 12.0. The summed E-state index contributed by atoms with van der Waals surface area (Å²) < 4.78 is 246. The van der Waals surface area contributed by atoms with Gasteiger partial charge in [-0.05, 0) is 111 Å². The van der Waals surface area contributed by atoms with E-state index in [2.05, 4.69) is 0 Å². The Bertz CT molecular complexity index is 4220. The third kappa shape index (κ3) is 4.11. The summed E-state index contributed by atoms with van der Waals surface area (Å²) in [5.41, 5.74) is -5.48. The lowest BCUT2D eigenvalue weighted by Gasteiger charge is -2.23. The summed E-state index contributed by atoms with van der Waals surface area (Å²) in [5, 5.41) is -4.92. The maximum Gasteiger partial charge on any atom is 0.0633 e. The summed E-state index contributed by atoms with van der Waals surface area (Å²) in [6, 6.07) is -20.9. The Morgan fingerprint density at radius 2 is 0.939 bits per heavy atom. The highest BCUT2D eigenvalue weighted by atomic mass is 14.4.